The van der Waals surface area contributed by atoms with Crippen molar-refractivity contribution in [1.29, 1.82) is 0 Å². The number of nitrogens with zero attached hydrogens (tertiary/aromatic N) is 3. The average Bonchev–Trinajstić information content (AvgIpc) is 3.48. The summed E-state index contributed by atoms with van der Waals surface area (Å²) in [7, 11) is 0. The molecule has 0 spiro atoms. The molecule has 0 bridgehead atoms. The van der Waals surface area contributed by atoms with E-state index >= 15 is 0 Å². The number of amides is 1. The van der Waals surface area contributed by atoms with E-state index in [1.807, 2.05) is 0 Å². The maximum absolute atomic E-state index is 12.3. The molecule has 1 N–H and O–H groups in total. The first-order valence-electron chi connectivity index (χ1n) is 10.7. The van der Waals surface area contributed by atoms with E-state index in [1.54, 1.807) is 17.7 Å². The zero-order valence-electron chi connectivity index (χ0n) is 17.4. The second-order valence-corrected chi connectivity index (χ2v) is 10.3. The zero-order chi connectivity index (χ0) is 20.7. The van der Waals surface area contributed by atoms with Gasteiger partial charge in [0.2, 0.25) is 5.91 Å². The molecule has 1 aliphatic carbocycles. The van der Waals surface area contributed by atoms with Gasteiger partial charge in [-0.1, -0.05) is 25.6 Å². The van der Waals surface area contributed by atoms with Crippen LogP contribution >= 0.6 is 23.1 Å². The summed E-state index contributed by atoms with van der Waals surface area (Å²) in [5, 5.41) is 5.06. The van der Waals surface area contributed by atoms with Crippen LogP contribution < -0.4 is 5.32 Å². The number of nitrogens with one attached hydrogen (secondary N) is 1. The fourth-order valence-corrected chi connectivity index (χ4v) is 6.58. The van der Waals surface area contributed by atoms with Crippen LogP contribution in [0.4, 0.5) is 0 Å². The van der Waals surface area contributed by atoms with Crippen LogP contribution in [0, 0.1) is 0 Å². The number of pyridine rings is 1. The molecule has 2 aliphatic rings. The highest BCUT2D eigenvalue weighted by Gasteiger charge is 2.25. The molecule has 4 heterocycles. The normalized spacial score (nSPS) is 18.6. The molecule has 3 aromatic rings. The predicted octanol–water partition coefficient (Wildman–Crippen LogP) is 4.24. The van der Waals surface area contributed by atoms with Crippen LogP contribution in [0.25, 0.3) is 20.4 Å². The molecule has 3 aromatic heterocycles. The van der Waals surface area contributed by atoms with Gasteiger partial charge in [-0.2, -0.15) is 0 Å². The van der Waals surface area contributed by atoms with Gasteiger partial charge in [0.15, 0.2) is 0 Å². The molecule has 1 saturated heterocycles. The van der Waals surface area contributed by atoms with E-state index in [4.69, 9.17) is 9.72 Å². The highest BCUT2D eigenvalue weighted by atomic mass is 32.2. The van der Waals surface area contributed by atoms with E-state index in [0.717, 1.165) is 52.4 Å². The van der Waals surface area contributed by atoms with Gasteiger partial charge in [-0.3, -0.25) is 4.79 Å². The highest BCUT2D eigenvalue weighted by molar-refractivity contribution is 8.00. The molecule has 6 nitrogen and oxygen atoms in total. The van der Waals surface area contributed by atoms with Crippen LogP contribution in [-0.2, 0) is 22.4 Å². The van der Waals surface area contributed by atoms with Crippen LogP contribution in [0.2, 0.25) is 0 Å². The predicted molar refractivity (Wildman–Crippen MR) is 122 cm³/mol. The lowest BCUT2D eigenvalue weighted by Gasteiger charge is -2.11. The molecule has 30 heavy (non-hydrogen) atoms. The van der Waals surface area contributed by atoms with Crippen LogP contribution in [-0.4, -0.2) is 45.9 Å². The van der Waals surface area contributed by atoms with Gasteiger partial charge >= 0.3 is 0 Å². The Morgan fingerprint density at radius 2 is 2.17 bits per heavy atom. The first kappa shape index (κ1) is 20.2. The maximum atomic E-state index is 12.3. The number of ether oxygens (including phenoxy) is 1. The Bertz CT molecular complexity index is 1110. The SMILES string of the molecule is CC(C)c1nc2sc3c(SCC(=O)NC[C@H]4CCCO4)ncnc3c2c2c1CCC2. The maximum Gasteiger partial charge on any atom is 0.230 e. The lowest BCUT2D eigenvalue weighted by molar-refractivity contribution is -0.119. The molecule has 8 heteroatoms. The van der Waals surface area contributed by atoms with E-state index in [0.29, 0.717) is 18.2 Å². The smallest absolute Gasteiger partial charge is 0.230 e. The third-order valence-corrected chi connectivity index (χ3v) is 8.11. The number of rotatable bonds is 6. The van der Waals surface area contributed by atoms with Gasteiger partial charge in [-0.05, 0) is 49.1 Å². The van der Waals surface area contributed by atoms with Crippen molar-refractivity contribution in [3.05, 3.63) is 23.1 Å². The number of thiophene rings is 1. The van der Waals surface area contributed by atoms with Crippen LogP contribution in [0.15, 0.2) is 11.4 Å². The summed E-state index contributed by atoms with van der Waals surface area (Å²) in [5.74, 6) is 0.777. The topological polar surface area (TPSA) is 77.0 Å². The van der Waals surface area contributed by atoms with E-state index in [9.17, 15) is 4.79 Å². The molecule has 0 unspecified atom stereocenters. The lowest BCUT2D eigenvalue weighted by Crippen LogP contribution is -2.32. The zero-order valence-corrected chi connectivity index (χ0v) is 19.0. The van der Waals surface area contributed by atoms with Gasteiger partial charge in [-0.15, -0.1) is 11.3 Å². The number of fused-ring (bicyclic) bond motifs is 5. The first-order chi connectivity index (χ1) is 14.6. The Morgan fingerprint density at radius 1 is 1.30 bits per heavy atom. The molecular formula is C22H26N4O2S2. The van der Waals surface area contributed by atoms with Crippen molar-refractivity contribution >= 4 is 49.4 Å². The third kappa shape index (κ3) is 3.69. The average molecular weight is 443 g/mol. The molecule has 0 aromatic carbocycles. The summed E-state index contributed by atoms with van der Waals surface area (Å²) in [6.07, 6.45) is 7.28. The number of aromatic nitrogens is 3. The molecule has 0 saturated carbocycles. The highest BCUT2D eigenvalue weighted by Crippen LogP contribution is 2.42. The molecule has 0 radical (unpaired) electrons. The number of hydrogen-bond donors (Lipinski definition) is 1. The molecule has 158 valence electrons. The van der Waals surface area contributed by atoms with E-state index in [1.165, 1.54) is 40.4 Å². The summed E-state index contributed by atoms with van der Waals surface area (Å²) in [4.78, 5) is 27.5. The van der Waals surface area contributed by atoms with Crippen molar-refractivity contribution in [2.45, 2.75) is 63.0 Å². The molecule has 1 fully saturated rings. The third-order valence-electron chi connectivity index (χ3n) is 5.91. The minimum Gasteiger partial charge on any atom is -0.376 e. The standard InChI is InChI=1S/C22H26N4O2S2/c1-12(2)18-15-7-3-6-14(15)17-19-20(30-21(17)26-18)22(25-11-24-19)29-10-16(27)23-9-13-5-4-8-28-13/h11-13H,3-10H2,1-2H3,(H,23,27)/t13-/m1/s1. The summed E-state index contributed by atoms with van der Waals surface area (Å²) in [6, 6.07) is 0. The Kier molecular flexibility index (Phi) is 5.64. The fourth-order valence-electron chi connectivity index (χ4n) is 4.50. The second-order valence-electron chi connectivity index (χ2n) is 8.33. The van der Waals surface area contributed by atoms with Crippen LogP contribution in [0.5, 0.6) is 0 Å². The first-order valence-corrected chi connectivity index (χ1v) is 12.5. The van der Waals surface area contributed by atoms with Crippen molar-refractivity contribution in [3.8, 4) is 0 Å². The summed E-state index contributed by atoms with van der Waals surface area (Å²) in [5.41, 5.74) is 5.09. The van der Waals surface area contributed by atoms with Crippen LogP contribution in [0.3, 0.4) is 0 Å². The summed E-state index contributed by atoms with van der Waals surface area (Å²) >= 11 is 3.14. The lowest BCUT2D eigenvalue weighted by atomic mass is 9.99. The summed E-state index contributed by atoms with van der Waals surface area (Å²) < 4.78 is 6.62. The van der Waals surface area contributed by atoms with Crippen molar-refractivity contribution in [1.82, 2.24) is 20.3 Å². The molecular weight excluding hydrogens is 416 g/mol. The largest absolute Gasteiger partial charge is 0.376 e. The quantitative estimate of drug-likeness (QED) is 0.455. The number of carbonyl (C=O) groups is 1. The van der Waals surface area contributed by atoms with Gasteiger partial charge in [0, 0.05) is 24.2 Å². The number of aryl methyl sites for hydroxylation is 1. The fraction of sp³-hybridized carbons (Fsp3) is 0.545. The Labute approximate surface area is 184 Å². The van der Waals surface area contributed by atoms with Crippen molar-refractivity contribution < 1.29 is 9.53 Å². The van der Waals surface area contributed by atoms with Gasteiger partial charge in [-0.25, -0.2) is 15.0 Å². The molecule has 1 atom stereocenters. The van der Waals surface area contributed by atoms with Crippen molar-refractivity contribution in [2.75, 3.05) is 18.9 Å². The van der Waals surface area contributed by atoms with Crippen molar-refractivity contribution in [2.24, 2.45) is 0 Å². The number of carbonyl (C=O) groups excluding carboxylic acids is 1. The molecule has 5 rings (SSSR count). The Balaban J connectivity index is 1.42. The van der Waals surface area contributed by atoms with Gasteiger partial charge in [0.1, 0.15) is 16.2 Å². The molecule has 1 amide bonds. The molecule has 1 aliphatic heterocycles. The second kappa shape index (κ2) is 8.40. The van der Waals surface area contributed by atoms with Crippen molar-refractivity contribution in [3.63, 3.8) is 0 Å². The van der Waals surface area contributed by atoms with E-state index < -0.39 is 0 Å². The van der Waals surface area contributed by atoms with Crippen LogP contribution in [0.1, 0.15) is 55.8 Å². The minimum atomic E-state index is 0.0180. The number of hydrogen-bond acceptors (Lipinski definition) is 7. The minimum absolute atomic E-state index is 0.0180. The van der Waals surface area contributed by atoms with Gasteiger partial charge in [0.05, 0.1) is 22.1 Å². The monoisotopic (exact) mass is 442 g/mol. The Morgan fingerprint density at radius 3 is 2.97 bits per heavy atom. The van der Waals surface area contributed by atoms with E-state index in [2.05, 4.69) is 29.1 Å². The summed E-state index contributed by atoms with van der Waals surface area (Å²) in [6.45, 7) is 5.83. The number of thioether (sulfide) groups is 1. The van der Waals surface area contributed by atoms with E-state index in [-0.39, 0.29) is 12.0 Å². The van der Waals surface area contributed by atoms with Gasteiger partial charge in [0.25, 0.3) is 0 Å². The van der Waals surface area contributed by atoms with Gasteiger partial charge < -0.3 is 10.1 Å². The Hall–Kier alpha value is -1.77.